The predicted octanol–water partition coefficient (Wildman–Crippen LogP) is 4.03. The molecule has 4 nitrogen and oxygen atoms in total. The second kappa shape index (κ2) is 5.35. The van der Waals surface area contributed by atoms with Crippen molar-refractivity contribution in [2.24, 2.45) is 0 Å². The molecule has 0 atom stereocenters. The lowest BCUT2D eigenvalue weighted by molar-refractivity contribution is 0.546. The van der Waals surface area contributed by atoms with E-state index in [4.69, 9.17) is 5.73 Å². The first-order chi connectivity index (χ1) is 9.70. The van der Waals surface area contributed by atoms with Crippen molar-refractivity contribution in [3.63, 3.8) is 0 Å². The minimum absolute atomic E-state index is 0.139. The number of nitrogens with two attached hydrogens (primary N) is 1. The highest BCUT2D eigenvalue weighted by Gasteiger charge is 2.20. The van der Waals surface area contributed by atoms with Crippen molar-refractivity contribution < 1.29 is 0 Å². The van der Waals surface area contributed by atoms with Gasteiger partial charge in [0.05, 0.1) is 0 Å². The Morgan fingerprint density at radius 3 is 2.29 bits per heavy atom. The van der Waals surface area contributed by atoms with Crippen LogP contribution in [0.25, 0.3) is 0 Å². The lowest BCUT2D eigenvalue weighted by Crippen LogP contribution is -2.19. The number of hydrogen-bond donors (Lipinski definition) is 2. The summed E-state index contributed by atoms with van der Waals surface area (Å²) < 4.78 is 0. The summed E-state index contributed by atoms with van der Waals surface area (Å²) in [5.74, 6) is 2.06. The van der Waals surface area contributed by atoms with Crippen LogP contribution in [0.15, 0.2) is 18.2 Å². The van der Waals surface area contributed by atoms with Gasteiger partial charge in [-0.25, -0.2) is 9.97 Å². The minimum Gasteiger partial charge on any atom is -0.383 e. The van der Waals surface area contributed by atoms with E-state index in [2.05, 4.69) is 62.0 Å². The maximum absolute atomic E-state index is 6.05. The summed E-state index contributed by atoms with van der Waals surface area (Å²) in [6, 6.07) is 6.19. The highest BCUT2D eigenvalue weighted by atomic mass is 15.1. The maximum atomic E-state index is 6.05. The van der Waals surface area contributed by atoms with Crippen molar-refractivity contribution in [3.8, 4) is 0 Å². The van der Waals surface area contributed by atoms with E-state index >= 15 is 0 Å². The molecule has 0 aliphatic carbocycles. The molecule has 0 saturated heterocycles. The first-order valence-electron chi connectivity index (χ1n) is 7.18. The van der Waals surface area contributed by atoms with E-state index in [1.165, 1.54) is 11.1 Å². The van der Waals surface area contributed by atoms with Gasteiger partial charge < -0.3 is 11.1 Å². The van der Waals surface area contributed by atoms with Crippen LogP contribution in [0.4, 0.5) is 17.3 Å². The molecule has 2 rings (SSSR count). The van der Waals surface area contributed by atoms with Crippen LogP contribution in [0.1, 0.15) is 43.3 Å². The van der Waals surface area contributed by atoms with E-state index in [-0.39, 0.29) is 5.41 Å². The third-order valence-corrected chi connectivity index (χ3v) is 3.71. The lowest BCUT2D eigenvalue weighted by Gasteiger charge is -2.20. The van der Waals surface area contributed by atoms with Crippen LogP contribution in [-0.2, 0) is 5.41 Å². The summed E-state index contributed by atoms with van der Waals surface area (Å²) in [5.41, 5.74) is 10.3. The highest BCUT2D eigenvalue weighted by molar-refractivity contribution is 5.67. The number of aryl methyl sites for hydroxylation is 1. The number of anilines is 3. The lowest BCUT2D eigenvalue weighted by atomic mass is 9.95. The molecule has 21 heavy (non-hydrogen) atoms. The summed E-state index contributed by atoms with van der Waals surface area (Å²) in [6.07, 6.45) is 0. The van der Waals surface area contributed by atoms with Gasteiger partial charge in [-0.05, 0) is 38.0 Å². The largest absolute Gasteiger partial charge is 0.383 e. The van der Waals surface area contributed by atoms with Crippen LogP contribution in [-0.4, -0.2) is 9.97 Å². The van der Waals surface area contributed by atoms with E-state index in [1.807, 2.05) is 13.0 Å². The summed E-state index contributed by atoms with van der Waals surface area (Å²) in [6.45, 7) is 12.4. The number of nitrogen functional groups attached to an aromatic ring is 1. The van der Waals surface area contributed by atoms with Crippen LogP contribution in [0, 0.1) is 20.8 Å². The van der Waals surface area contributed by atoms with Crippen LogP contribution >= 0.6 is 0 Å². The van der Waals surface area contributed by atoms with Gasteiger partial charge in [-0.3, -0.25) is 0 Å². The summed E-state index contributed by atoms with van der Waals surface area (Å²) >= 11 is 0. The Bertz CT molecular complexity index is 669. The molecular formula is C17H24N4. The van der Waals surface area contributed by atoms with Crippen molar-refractivity contribution in [2.75, 3.05) is 11.1 Å². The molecule has 4 heteroatoms. The van der Waals surface area contributed by atoms with Crippen molar-refractivity contribution in [3.05, 3.63) is 40.7 Å². The van der Waals surface area contributed by atoms with Crippen molar-refractivity contribution in [2.45, 2.75) is 47.0 Å². The molecule has 1 aromatic carbocycles. The van der Waals surface area contributed by atoms with Crippen LogP contribution < -0.4 is 11.1 Å². The Balaban J connectivity index is 2.49. The Kier molecular flexibility index (Phi) is 3.90. The van der Waals surface area contributed by atoms with Gasteiger partial charge in [0.25, 0.3) is 0 Å². The molecule has 1 heterocycles. The van der Waals surface area contributed by atoms with Crippen LogP contribution in [0.2, 0.25) is 0 Å². The monoisotopic (exact) mass is 284 g/mol. The van der Waals surface area contributed by atoms with E-state index < -0.39 is 0 Å². The fourth-order valence-electron chi connectivity index (χ4n) is 2.01. The summed E-state index contributed by atoms with van der Waals surface area (Å²) in [7, 11) is 0. The normalized spacial score (nSPS) is 11.5. The van der Waals surface area contributed by atoms with Gasteiger partial charge in [-0.2, -0.15) is 0 Å². The Labute approximate surface area is 126 Å². The number of aromatic nitrogens is 2. The average Bonchev–Trinajstić information content (AvgIpc) is 2.38. The molecule has 1 aromatic heterocycles. The number of benzene rings is 1. The zero-order valence-corrected chi connectivity index (χ0v) is 13.7. The molecule has 0 radical (unpaired) electrons. The highest BCUT2D eigenvalue weighted by Crippen LogP contribution is 2.28. The van der Waals surface area contributed by atoms with Crippen LogP contribution in [0.5, 0.6) is 0 Å². The zero-order valence-electron chi connectivity index (χ0n) is 13.7. The zero-order chi connectivity index (χ0) is 15.8. The molecule has 0 fully saturated rings. The molecule has 0 saturated carbocycles. The number of hydrogen-bond acceptors (Lipinski definition) is 4. The summed E-state index contributed by atoms with van der Waals surface area (Å²) in [5, 5.41) is 3.40. The standard InChI is InChI=1S/C17H24N4/c1-10-8-7-9-13(11(10)2)19-15-12(3)14(18)20-16(21-15)17(4,5)6/h7-9H,1-6H3,(H3,18,19,20,21). The number of nitrogens with zero attached hydrogens (tertiary/aromatic N) is 2. The third-order valence-electron chi connectivity index (χ3n) is 3.71. The molecule has 0 bridgehead atoms. The average molecular weight is 284 g/mol. The first-order valence-corrected chi connectivity index (χ1v) is 7.18. The van der Waals surface area contributed by atoms with Gasteiger partial charge in [-0.15, -0.1) is 0 Å². The fourth-order valence-corrected chi connectivity index (χ4v) is 2.01. The molecule has 112 valence electrons. The van der Waals surface area contributed by atoms with E-state index in [9.17, 15) is 0 Å². The summed E-state index contributed by atoms with van der Waals surface area (Å²) in [4.78, 5) is 9.08. The molecule has 0 amide bonds. The van der Waals surface area contributed by atoms with Crippen molar-refractivity contribution >= 4 is 17.3 Å². The minimum atomic E-state index is -0.139. The maximum Gasteiger partial charge on any atom is 0.139 e. The predicted molar refractivity (Wildman–Crippen MR) is 89.1 cm³/mol. The SMILES string of the molecule is Cc1cccc(Nc2nc(C(C)(C)C)nc(N)c2C)c1C. The molecule has 0 aliphatic heterocycles. The van der Waals surface area contributed by atoms with Crippen LogP contribution in [0.3, 0.4) is 0 Å². The molecule has 2 aromatic rings. The second-order valence-corrected chi connectivity index (χ2v) is 6.53. The topological polar surface area (TPSA) is 63.8 Å². The Hall–Kier alpha value is -2.10. The molecule has 0 unspecified atom stereocenters. The molecule has 0 spiro atoms. The quantitative estimate of drug-likeness (QED) is 0.874. The van der Waals surface area contributed by atoms with Gasteiger partial charge >= 0.3 is 0 Å². The fraction of sp³-hybridized carbons (Fsp3) is 0.412. The van der Waals surface area contributed by atoms with E-state index in [1.54, 1.807) is 0 Å². The van der Waals surface area contributed by atoms with Gasteiger partial charge in [0.1, 0.15) is 17.5 Å². The van der Waals surface area contributed by atoms with Gasteiger partial charge in [-0.1, -0.05) is 32.9 Å². The Morgan fingerprint density at radius 1 is 1.00 bits per heavy atom. The van der Waals surface area contributed by atoms with E-state index in [0.717, 1.165) is 22.9 Å². The van der Waals surface area contributed by atoms with Gasteiger partial charge in [0.15, 0.2) is 0 Å². The molecular weight excluding hydrogens is 260 g/mol. The first kappa shape index (κ1) is 15.3. The Morgan fingerprint density at radius 2 is 1.67 bits per heavy atom. The third kappa shape index (κ3) is 3.15. The smallest absolute Gasteiger partial charge is 0.139 e. The van der Waals surface area contributed by atoms with E-state index in [0.29, 0.717) is 5.82 Å². The molecule has 0 aliphatic rings. The van der Waals surface area contributed by atoms with Gasteiger partial charge in [0.2, 0.25) is 0 Å². The van der Waals surface area contributed by atoms with Crippen molar-refractivity contribution in [1.82, 2.24) is 9.97 Å². The van der Waals surface area contributed by atoms with Gasteiger partial charge in [0, 0.05) is 16.7 Å². The molecule has 3 N–H and O–H groups in total. The van der Waals surface area contributed by atoms with Crippen molar-refractivity contribution in [1.29, 1.82) is 0 Å². The number of nitrogens with one attached hydrogen (secondary N) is 1. The number of rotatable bonds is 2. The second-order valence-electron chi connectivity index (χ2n) is 6.53.